The van der Waals surface area contributed by atoms with Crippen molar-refractivity contribution in [2.24, 2.45) is 0 Å². The first kappa shape index (κ1) is 20.0. The lowest BCUT2D eigenvalue weighted by Crippen LogP contribution is -2.23. The Kier molecular flexibility index (Phi) is 6.19. The third kappa shape index (κ3) is 4.95. The monoisotopic (exact) mass is 396 g/mol. The van der Waals surface area contributed by atoms with Crippen molar-refractivity contribution in [3.8, 4) is 5.75 Å². The van der Waals surface area contributed by atoms with Gasteiger partial charge in [0.2, 0.25) is 0 Å². The van der Waals surface area contributed by atoms with Crippen LogP contribution in [0, 0.1) is 11.6 Å². The number of carbonyl (C=O) groups excluding carboxylic acids is 2. The second kappa shape index (κ2) is 8.97. The van der Waals surface area contributed by atoms with E-state index in [9.17, 15) is 18.4 Å². The van der Waals surface area contributed by atoms with Crippen molar-refractivity contribution >= 4 is 17.5 Å². The molecule has 29 heavy (non-hydrogen) atoms. The molecule has 0 bridgehead atoms. The molecule has 5 nitrogen and oxygen atoms in total. The van der Waals surface area contributed by atoms with Gasteiger partial charge in [-0.25, -0.2) is 8.78 Å². The van der Waals surface area contributed by atoms with Crippen LogP contribution in [0.2, 0.25) is 0 Å². The molecule has 3 aromatic carbocycles. The zero-order valence-corrected chi connectivity index (χ0v) is 15.5. The van der Waals surface area contributed by atoms with E-state index in [1.54, 1.807) is 18.2 Å². The minimum absolute atomic E-state index is 0.0563. The van der Waals surface area contributed by atoms with Gasteiger partial charge in [0.15, 0.2) is 0 Å². The first-order valence-corrected chi connectivity index (χ1v) is 8.74. The highest BCUT2D eigenvalue weighted by Crippen LogP contribution is 2.18. The van der Waals surface area contributed by atoms with Crippen molar-refractivity contribution in [3.05, 3.63) is 95.1 Å². The van der Waals surface area contributed by atoms with Gasteiger partial charge in [-0.3, -0.25) is 9.59 Å². The Bertz CT molecular complexity index is 1040. The SMILES string of the molecule is COc1ccc(C(=O)Nc2ccc(C(=O)NCc3ccccc3F)cc2)c(F)c1. The van der Waals surface area contributed by atoms with Gasteiger partial charge in [-0.1, -0.05) is 18.2 Å². The third-order valence-corrected chi connectivity index (χ3v) is 4.22. The maximum Gasteiger partial charge on any atom is 0.258 e. The lowest BCUT2D eigenvalue weighted by molar-refractivity contribution is 0.0950. The van der Waals surface area contributed by atoms with Crippen LogP contribution in [0.3, 0.4) is 0 Å². The van der Waals surface area contributed by atoms with Crippen molar-refractivity contribution in [3.63, 3.8) is 0 Å². The summed E-state index contributed by atoms with van der Waals surface area (Å²) in [5.41, 5.74) is 0.995. The van der Waals surface area contributed by atoms with Crippen molar-refractivity contribution < 1.29 is 23.1 Å². The van der Waals surface area contributed by atoms with Crippen LogP contribution in [0.5, 0.6) is 5.75 Å². The van der Waals surface area contributed by atoms with Crippen LogP contribution in [0.25, 0.3) is 0 Å². The van der Waals surface area contributed by atoms with E-state index in [0.29, 0.717) is 22.6 Å². The van der Waals surface area contributed by atoms with Crippen LogP contribution in [0.4, 0.5) is 14.5 Å². The molecule has 3 aromatic rings. The lowest BCUT2D eigenvalue weighted by atomic mass is 10.1. The number of hydrogen-bond donors (Lipinski definition) is 2. The summed E-state index contributed by atoms with van der Waals surface area (Å²) < 4.78 is 32.5. The molecule has 0 aliphatic heterocycles. The second-order valence-electron chi connectivity index (χ2n) is 6.15. The molecule has 0 spiro atoms. The topological polar surface area (TPSA) is 67.4 Å². The molecule has 0 heterocycles. The first-order valence-electron chi connectivity index (χ1n) is 8.74. The fourth-order valence-corrected chi connectivity index (χ4v) is 2.63. The van der Waals surface area contributed by atoms with Gasteiger partial charge < -0.3 is 15.4 Å². The van der Waals surface area contributed by atoms with Crippen LogP contribution in [-0.4, -0.2) is 18.9 Å². The quantitative estimate of drug-likeness (QED) is 0.658. The standard InChI is InChI=1S/C22H18F2N2O3/c1-29-17-10-11-18(20(24)12-17)22(28)26-16-8-6-14(7-9-16)21(27)25-13-15-4-2-3-5-19(15)23/h2-12H,13H2,1H3,(H,25,27)(H,26,28). The summed E-state index contributed by atoms with van der Waals surface area (Å²) in [6, 6.07) is 16.2. The number of anilines is 1. The van der Waals surface area contributed by atoms with Crippen LogP contribution < -0.4 is 15.4 Å². The summed E-state index contributed by atoms with van der Waals surface area (Å²) in [4.78, 5) is 24.4. The molecule has 2 amide bonds. The molecule has 0 aromatic heterocycles. The zero-order chi connectivity index (χ0) is 20.8. The van der Waals surface area contributed by atoms with Gasteiger partial charge in [-0.05, 0) is 42.5 Å². The normalized spacial score (nSPS) is 10.3. The smallest absolute Gasteiger partial charge is 0.258 e. The summed E-state index contributed by atoms with van der Waals surface area (Å²) in [6.45, 7) is 0.0563. The van der Waals surface area contributed by atoms with Crippen molar-refractivity contribution in [2.75, 3.05) is 12.4 Å². The van der Waals surface area contributed by atoms with E-state index in [1.807, 2.05) is 0 Å². The van der Waals surface area contributed by atoms with Crippen LogP contribution in [0.15, 0.2) is 66.7 Å². The minimum atomic E-state index is -0.703. The van der Waals surface area contributed by atoms with Gasteiger partial charge >= 0.3 is 0 Å². The highest BCUT2D eigenvalue weighted by Gasteiger charge is 2.13. The lowest BCUT2D eigenvalue weighted by Gasteiger charge is -2.09. The number of nitrogens with one attached hydrogen (secondary N) is 2. The van der Waals surface area contributed by atoms with E-state index in [1.165, 1.54) is 49.6 Å². The van der Waals surface area contributed by atoms with Gasteiger partial charge in [-0.2, -0.15) is 0 Å². The summed E-state index contributed by atoms with van der Waals surface area (Å²) in [7, 11) is 1.41. The van der Waals surface area contributed by atoms with Gasteiger partial charge in [0.05, 0.1) is 12.7 Å². The highest BCUT2D eigenvalue weighted by atomic mass is 19.1. The predicted molar refractivity (Wildman–Crippen MR) is 105 cm³/mol. The van der Waals surface area contributed by atoms with E-state index < -0.39 is 17.5 Å². The average molecular weight is 396 g/mol. The number of halogens is 2. The van der Waals surface area contributed by atoms with Crippen LogP contribution in [-0.2, 0) is 6.54 Å². The number of benzene rings is 3. The summed E-state index contributed by atoms with van der Waals surface area (Å²) >= 11 is 0. The molecule has 0 unspecified atom stereocenters. The minimum Gasteiger partial charge on any atom is -0.497 e. The van der Waals surface area contributed by atoms with Crippen molar-refractivity contribution in [2.45, 2.75) is 6.54 Å². The maximum absolute atomic E-state index is 14.0. The van der Waals surface area contributed by atoms with E-state index in [0.717, 1.165) is 6.07 Å². The Morgan fingerprint density at radius 2 is 1.62 bits per heavy atom. The number of amides is 2. The molecule has 0 atom stereocenters. The van der Waals surface area contributed by atoms with E-state index in [-0.39, 0.29) is 18.0 Å². The largest absolute Gasteiger partial charge is 0.497 e. The summed E-state index contributed by atoms with van der Waals surface area (Å²) in [6.07, 6.45) is 0. The number of ether oxygens (including phenoxy) is 1. The molecule has 0 saturated carbocycles. The molecule has 3 rings (SSSR count). The van der Waals surface area contributed by atoms with E-state index >= 15 is 0 Å². The van der Waals surface area contributed by atoms with E-state index in [4.69, 9.17) is 4.74 Å². The number of rotatable bonds is 6. The highest BCUT2D eigenvalue weighted by molar-refractivity contribution is 6.04. The van der Waals surface area contributed by atoms with Gasteiger partial charge in [0.25, 0.3) is 11.8 Å². The molecule has 7 heteroatoms. The fraction of sp³-hybridized carbons (Fsp3) is 0.0909. The summed E-state index contributed by atoms with van der Waals surface area (Å²) in [5.74, 6) is -1.79. The number of carbonyl (C=O) groups is 2. The average Bonchev–Trinajstić information content (AvgIpc) is 2.73. The second-order valence-corrected chi connectivity index (χ2v) is 6.15. The van der Waals surface area contributed by atoms with Gasteiger partial charge in [0.1, 0.15) is 17.4 Å². The molecule has 0 fully saturated rings. The van der Waals surface area contributed by atoms with Crippen LogP contribution in [0.1, 0.15) is 26.3 Å². The third-order valence-electron chi connectivity index (χ3n) is 4.22. The van der Waals surface area contributed by atoms with Gasteiger partial charge in [0, 0.05) is 29.4 Å². The predicted octanol–water partition coefficient (Wildman–Crippen LogP) is 4.16. The van der Waals surface area contributed by atoms with Crippen molar-refractivity contribution in [1.82, 2.24) is 5.32 Å². The molecule has 148 valence electrons. The zero-order valence-electron chi connectivity index (χ0n) is 15.5. The Morgan fingerprint density at radius 3 is 2.28 bits per heavy atom. The number of hydrogen-bond acceptors (Lipinski definition) is 3. The molecule has 2 N–H and O–H groups in total. The van der Waals surface area contributed by atoms with Gasteiger partial charge in [-0.15, -0.1) is 0 Å². The van der Waals surface area contributed by atoms with E-state index in [2.05, 4.69) is 10.6 Å². The molecule has 0 aliphatic carbocycles. The van der Waals surface area contributed by atoms with Crippen molar-refractivity contribution in [1.29, 1.82) is 0 Å². The molecule has 0 aliphatic rings. The maximum atomic E-state index is 14.0. The molecule has 0 saturated heterocycles. The first-order chi connectivity index (χ1) is 14.0. The Balaban J connectivity index is 1.61. The Hall–Kier alpha value is -3.74. The molecular formula is C22H18F2N2O3. The number of methoxy groups -OCH3 is 1. The molecular weight excluding hydrogens is 378 g/mol. The summed E-state index contributed by atoms with van der Waals surface area (Å²) in [5, 5.41) is 5.20. The Morgan fingerprint density at radius 1 is 0.897 bits per heavy atom. The Labute approximate surface area is 166 Å². The fourth-order valence-electron chi connectivity index (χ4n) is 2.63. The molecule has 0 radical (unpaired) electrons. The van der Waals surface area contributed by atoms with Crippen LogP contribution >= 0.6 is 0 Å².